The molecule has 11 nitrogen and oxygen atoms in total. The first kappa shape index (κ1) is 43.4. The molecule has 4 aliphatic heterocycles. The van der Waals surface area contributed by atoms with Crippen molar-refractivity contribution >= 4 is 12.2 Å². The SMILES string of the molecule is COc1cc2c3cc1Oc1c(OC)c(OC)cc4c1[C@@H](Cc1ccc(OCCCNC(=O)c5cccc(-c6ccc(C=O)cc6)c5)c(c1)Oc1ccc(cc1)C[C@@H]3N(C)CC2)N(C)CC4. The zero-order chi connectivity index (χ0) is 45.0. The molecular formula is C54H55N3O8. The van der Waals surface area contributed by atoms with Gasteiger partial charge < -0.3 is 33.7 Å². The number of rotatable bonds is 11. The third-order valence-electron chi connectivity index (χ3n) is 13.0. The average molecular weight is 874 g/mol. The molecule has 0 radical (unpaired) electrons. The first-order valence-electron chi connectivity index (χ1n) is 22.3. The van der Waals surface area contributed by atoms with Gasteiger partial charge in [-0.15, -0.1) is 0 Å². The van der Waals surface area contributed by atoms with Gasteiger partial charge in [0.1, 0.15) is 12.0 Å². The van der Waals surface area contributed by atoms with Crippen molar-refractivity contribution in [2.24, 2.45) is 0 Å². The van der Waals surface area contributed by atoms with Gasteiger partial charge in [-0.25, -0.2) is 0 Å². The molecule has 65 heavy (non-hydrogen) atoms. The number of nitrogens with one attached hydrogen (secondary N) is 1. The van der Waals surface area contributed by atoms with Crippen molar-refractivity contribution in [2.45, 2.75) is 44.2 Å². The topological polar surface area (TPSA) is 108 Å². The molecular weight excluding hydrogens is 819 g/mol. The fourth-order valence-electron chi connectivity index (χ4n) is 9.38. The summed E-state index contributed by atoms with van der Waals surface area (Å²) in [4.78, 5) is 29.1. The molecule has 11 heteroatoms. The molecule has 0 spiro atoms. The van der Waals surface area contributed by atoms with Gasteiger partial charge in [-0.3, -0.25) is 19.4 Å². The first-order valence-corrected chi connectivity index (χ1v) is 22.3. The summed E-state index contributed by atoms with van der Waals surface area (Å²) in [5.41, 5.74) is 9.89. The predicted molar refractivity (Wildman–Crippen MR) is 251 cm³/mol. The van der Waals surface area contributed by atoms with Crippen molar-refractivity contribution < 1.29 is 38.0 Å². The molecule has 1 amide bonds. The van der Waals surface area contributed by atoms with Gasteiger partial charge in [-0.1, -0.05) is 54.6 Å². The predicted octanol–water partition coefficient (Wildman–Crippen LogP) is 9.83. The molecule has 2 atom stereocenters. The van der Waals surface area contributed by atoms with Crippen molar-refractivity contribution in [3.8, 4) is 57.1 Å². The molecule has 334 valence electrons. The maximum atomic E-state index is 13.2. The lowest BCUT2D eigenvalue weighted by Gasteiger charge is -2.37. The maximum absolute atomic E-state index is 13.2. The lowest BCUT2D eigenvalue weighted by atomic mass is 9.87. The van der Waals surface area contributed by atoms with Crippen LogP contribution in [0.2, 0.25) is 0 Å². The summed E-state index contributed by atoms with van der Waals surface area (Å²) >= 11 is 0. The summed E-state index contributed by atoms with van der Waals surface area (Å²) < 4.78 is 38.3. The van der Waals surface area contributed by atoms with Gasteiger partial charge in [-0.05, 0) is 140 Å². The summed E-state index contributed by atoms with van der Waals surface area (Å²) in [5, 5.41) is 3.04. The van der Waals surface area contributed by atoms with E-state index in [9.17, 15) is 9.59 Å². The van der Waals surface area contributed by atoms with E-state index in [0.29, 0.717) is 83.1 Å². The highest BCUT2D eigenvalue weighted by molar-refractivity contribution is 5.95. The summed E-state index contributed by atoms with van der Waals surface area (Å²) in [6, 6.07) is 35.7. The largest absolute Gasteiger partial charge is 0.493 e. The highest BCUT2D eigenvalue weighted by Gasteiger charge is 2.35. The van der Waals surface area contributed by atoms with Crippen LogP contribution in [0.25, 0.3) is 11.1 Å². The van der Waals surface area contributed by atoms with E-state index in [1.54, 1.807) is 39.5 Å². The number of hydrogen-bond donors (Lipinski definition) is 1. The Morgan fingerprint density at radius 1 is 0.708 bits per heavy atom. The minimum Gasteiger partial charge on any atom is -0.493 e. The van der Waals surface area contributed by atoms with Crippen LogP contribution in [0.3, 0.4) is 0 Å². The standard InChI is InChI=1S/C54H55N3O8/c1-56-23-20-39-30-47(60-3)49-32-43(39)44(56)26-34-12-17-42(18-13-34)64-48-28-36(27-45-51-40(21-24-57(45)2)31-50(61-4)52(62-5)53(51)65-49)14-19-46(48)63-25-7-22-55-54(59)41-9-6-8-38(29-41)37-15-10-35(33-58)11-16-37/h6,8-19,28-33,44-45H,7,20-27H2,1-5H3,(H,55,59)/t44-,45+/m0/s1. The van der Waals surface area contributed by atoms with Crippen LogP contribution >= 0.6 is 0 Å². The van der Waals surface area contributed by atoms with Crippen molar-refractivity contribution in [1.29, 1.82) is 0 Å². The van der Waals surface area contributed by atoms with Crippen LogP contribution in [0.15, 0.2) is 109 Å². The highest BCUT2D eigenvalue weighted by atomic mass is 16.5. The Kier molecular flexibility index (Phi) is 12.8. The van der Waals surface area contributed by atoms with Crippen LogP contribution in [0.1, 0.15) is 72.6 Å². The Morgan fingerprint density at radius 2 is 1.42 bits per heavy atom. The van der Waals surface area contributed by atoms with E-state index in [1.165, 1.54) is 16.7 Å². The lowest BCUT2D eigenvalue weighted by molar-refractivity contribution is 0.0951. The average Bonchev–Trinajstić information content (AvgIpc) is 3.33. The number of benzene rings is 6. The molecule has 0 unspecified atom stereocenters. The Bertz CT molecular complexity index is 2700. The van der Waals surface area contributed by atoms with Crippen LogP contribution in [0.4, 0.5) is 0 Å². The fraction of sp³-hybridized carbons (Fsp3) is 0.296. The van der Waals surface area contributed by atoms with Crippen LogP contribution < -0.4 is 33.7 Å². The second kappa shape index (κ2) is 19.1. The molecule has 10 rings (SSSR count). The summed E-state index contributed by atoms with van der Waals surface area (Å²) in [6.07, 6.45) is 4.56. The van der Waals surface area contributed by atoms with E-state index >= 15 is 0 Å². The number of likely N-dealkylation sites (N-methyl/N-ethyl adjacent to an activating group) is 2. The zero-order valence-electron chi connectivity index (χ0n) is 37.6. The lowest BCUT2D eigenvalue weighted by Crippen LogP contribution is -2.34. The number of hydrogen-bond acceptors (Lipinski definition) is 10. The fourth-order valence-corrected chi connectivity index (χ4v) is 9.38. The van der Waals surface area contributed by atoms with Gasteiger partial charge in [-0.2, -0.15) is 0 Å². The van der Waals surface area contributed by atoms with E-state index in [1.807, 2.05) is 48.5 Å². The second-order valence-corrected chi connectivity index (χ2v) is 17.0. The molecule has 1 N–H and O–H groups in total. The minimum absolute atomic E-state index is 0.0823. The highest BCUT2D eigenvalue weighted by Crippen LogP contribution is 2.52. The molecule has 6 aromatic rings. The molecule has 0 saturated carbocycles. The Balaban J connectivity index is 1.01. The molecule has 0 saturated heterocycles. The maximum Gasteiger partial charge on any atom is 0.251 e. The van der Waals surface area contributed by atoms with Gasteiger partial charge in [0.05, 0.1) is 27.9 Å². The van der Waals surface area contributed by atoms with E-state index in [2.05, 4.69) is 71.7 Å². The summed E-state index contributed by atoms with van der Waals surface area (Å²) in [7, 11) is 9.36. The molecule has 6 aromatic carbocycles. The number of methoxy groups -OCH3 is 3. The molecule has 0 aliphatic carbocycles. The number of nitrogens with zero attached hydrogens (tertiary/aromatic N) is 2. The van der Waals surface area contributed by atoms with E-state index in [-0.39, 0.29) is 18.0 Å². The number of fused-ring (bicyclic) bond motifs is 2. The van der Waals surface area contributed by atoms with Crippen molar-refractivity contribution in [3.63, 3.8) is 0 Å². The van der Waals surface area contributed by atoms with E-state index in [4.69, 9.17) is 28.4 Å². The van der Waals surface area contributed by atoms with E-state index < -0.39 is 0 Å². The Morgan fingerprint density at radius 3 is 2.17 bits per heavy atom. The number of carbonyl (C=O) groups excluding carboxylic acids is 2. The van der Waals surface area contributed by atoms with Crippen LogP contribution in [-0.2, 0) is 25.7 Å². The van der Waals surface area contributed by atoms with Gasteiger partial charge in [0.15, 0.2) is 34.5 Å². The van der Waals surface area contributed by atoms with Crippen LogP contribution in [-0.4, -0.2) is 83.7 Å². The number of amides is 1. The number of aldehydes is 1. The van der Waals surface area contributed by atoms with Gasteiger partial charge in [0.2, 0.25) is 5.75 Å². The summed E-state index contributed by atoms with van der Waals surface area (Å²) in [5.74, 6) is 4.85. The van der Waals surface area contributed by atoms with Crippen LogP contribution in [0.5, 0.6) is 46.0 Å². The quantitative estimate of drug-likeness (QED) is 0.0999. The van der Waals surface area contributed by atoms with Crippen molar-refractivity contribution in [1.82, 2.24) is 15.1 Å². The Hall–Kier alpha value is -6.82. The van der Waals surface area contributed by atoms with Gasteiger partial charge in [0, 0.05) is 48.4 Å². The molecule has 4 heterocycles. The summed E-state index contributed by atoms with van der Waals surface area (Å²) in [6.45, 7) is 2.55. The molecule has 0 fully saturated rings. The third-order valence-corrected chi connectivity index (χ3v) is 13.0. The zero-order valence-corrected chi connectivity index (χ0v) is 37.6. The monoisotopic (exact) mass is 873 g/mol. The third kappa shape index (κ3) is 9.12. The van der Waals surface area contributed by atoms with Crippen molar-refractivity contribution in [3.05, 3.63) is 154 Å². The van der Waals surface area contributed by atoms with Gasteiger partial charge >= 0.3 is 0 Å². The smallest absolute Gasteiger partial charge is 0.251 e. The molecule has 0 aromatic heterocycles. The number of carbonyl (C=O) groups is 2. The number of ether oxygens (including phenoxy) is 6. The normalized spacial score (nSPS) is 16.8. The minimum atomic E-state index is -0.166. The van der Waals surface area contributed by atoms with Gasteiger partial charge in [0.25, 0.3) is 5.91 Å². The molecule has 4 aliphatic rings. The first-order chi connectivity index (χ1) is 31.7. The van der Waals surface area contributed by atoms with Crippen molar-refractivity contribution in [2.75, 3.05) is 61.7 Å². The second-order valence-electron chi connectivity index (χ2n) is 17.0. The van der Waals surface area contributed by atoms with E-state index in [0.717, 1.165) is 66.5 Å². The molecule has 6 bridgehead atoms. The Labute approximate surface area is 380 Å². The van der Waals surface area contributed by atoms with Crippen LogP contribution in [0, 0.1) is 0 Å².